The lowest BCUT2D eigenvalue weighted by Crippen LogP contribution is -2.37. The second-order valence-electron chi connectivity index (χ2n) is 13.4. The standard InChI is InChI=1S/C37H39F2N5O4/c1-24-5-13-29(14-6-24)44-33(23-32(42-44)36(2,3)4)41-35(46)40-28-11-7-25(8-12-28)21-27-17-19-43(20-18-27)34(45)16-10-26-9-15-30-31(22-26)48-37(38,39)47-30/h5-16,22-23,27H,17-21H2,1-4H3,(H2,40,41,46). The van der Waals surface area contributed by atoms with Gasteiger partial charge in [0.25, 0.3) is 0 Å². The third kappa shape index (κ3) is 7.84. The van der Waals surface area contributed by atoms with Crippen LogP contribution in [0.15, 0.2) is 78.9 Å². The Labute approximate surface area is 278 Å². The highest BCUT2D eigenvalue weighted by Gasteiger charge is 2.43. The van der Waals surface area contributed by atoms with Crippen molar-refractivity contribution in [2.45, 2.75) is 58.7 Å². The van der Waals surface area contributed by atoms with Gasteiger partial charge in [0.15, 0.2) is 11.5 Å². The maximum absolute atomic E-state index is 13.3. The number of likely N-dealkylation sites (tertiary alicyclic amines) is 1. The maximum atomic E-state index is 13.3. The second kappa shape index (κ2) is 13.1. The normalized spacial score (nSPS) is 15.9. The van der Waals surface area contributed by atoms with Crippen LogP contribution < -0.4 is 20.1 Å². The van der Waals surface area contributed by atoms with Gasteiger partial charge in [0.1, 0.15) is 5.82 Å². The molecule has 2 aliphatic heterocycles. The third-order valence-electron chi connectivity index (χ3n) is 8.50. The van der Waals surface area contributed by atoms with Gasteiger partial charge in [0.05, 0.1) is 11.4 Å². The van der Waals surface area contributed by atoms with Gasteiger partial charge in [-0.25, -0.2) is 9.48 Å². The summed E-state index contributed by atoms with van der Waals surface area (Å²) in [5, 5.41) is 10.7. The fraction of sp³-hybridized carbons (Fsp3) is 0.324. The van der Waals surface area contributed by atoms with E-state index >= 15 is 0 Å². The van der Waals surface area contributed by atoms with Crippen LogP contribution in [0.5, 0.6) is 11.5 Å². The third-order valence-corrected chi connectivity index (χ3v) is 8.50. The summed E-state index contributed by atoms with van der Waals surface area (Å²) in [6.07, 6.45) is 1.98. The van der Waals surface area contributed by atoms with Crippen LogP contribution >= 0.6 is 0 Å². The molecule has 4 aromatic rings. The number of nitrogens with zero attached hydrogens (tertiary/aromatic N) is 3. The fourth-order valence-corrected chi connectivity index (χ4v) is 5.76. The molecule has 9 nitrogen and oxygen atoms in total. The lowest BCUT2D eigenvalue weighted by atomic mass is 9.90. The van der Waals surface area contributed by atoms with Crippen molar-refractivity contribution in [2.24, 2.45) is 5.92 Å². The van der Waals surface area contributed by atoms with Crippen LogP contribution in [-0.2, 0) is 16.6 Å². The number of aromatic nitrogens is 2. The Morgan fingerprint density at radius 3 is 2.31 bits per heavy atom. The molecule has 1 saturated heterocycles. The van der Waals surface area contributed by atoms with Crippen LogP contribution in [0, 0.1) is 12.8 Å². The van der Waals surface area contributed by atoms with Gasteiger partial charge in [-0.1, -0.05) is 56.7 Å². The average molecular weight is 656 g/mol. The molecule has 1 fully saturated rings. The van der Waals surface area contributed by atoms with Gasteiger partial charge in [-0.05, 0) is 85.7 Å². The Hall–Kier alpha value is -5.19. The first kappa shape index (κ1) is 32.7. The number of halogens is 2. The van der Waals surface area contributed by atoms with E-state index in [9.17, 15) is 18.4 Å². The van der Waals surface area contributed by atoms with Crippen molar-refractivity contribution in [1.29, 1.82) is 0 Å². The smallest absolute Gasteiger partial charge is 0.395 e. The zero-order chi connectivity index (χ0) is 34.1. The number of hydrogen-bond donors (Lipinski definition) is 2. The largest absolute Gasteiger partial charge is 0.586 e. The van der Waals surface area contributed by atoms with Gasteiger partial charge in [-0.3, -0.25) is 10.1 Å². The molecular formula is C37H39F2N5O4. The molecular weight excluding hydrogens is 616 g/mol. The maximum Gasteiger partial charge on any atom is 0.586 e. The van der Waals surface area contributed by atoms with E-state index in [1.807, 2.05) is 61.5 Å². The van der Waals surface area contributed by atoms with E-state index in [2.05, 4.69) is 40.9 Å². The minimum absolute atomic E-state index is 0.0324. The monoisotopic (exact) mass is 655 g/mol. The number of carbonyl (C=O) groups is 2. The van der Waals surface area contributed by atoms with Crippen LogP contribution in [0.25, 0.3) is 11.8 Å². The van der Waals surface area contributed by atoms with Gasteiger partial charge in [-0.2, -0.15) is 5.10 Å². The van der Waals surface area contributed by atoms with E-state index in [4.69, 9.17) is 5.10 Å². The minimum Gasteiger partial charge on any atom is -0.395 e. The van der Waals surface area contributed by atoms with Crippen LogP contribution in [0.2, 0.25) is 0 Å². The number of amides is 3. The Bertz CT molecular complexity index is 1820. The zero-order valence-corrected chi connectivity index (χ0v) is 27.4. The summed E-state index contributed by atoms with van der Waals surface area (Å²) in [7, 11) is 0. The number of rotatable bonds is 7. The highest BCUT2D eigenvalue weighted by Crippen LogP contribution is 2.41. The van der Waals surface area contributed by atoms with Gasteiger partial charge >= 0.3 is 12.3 Å². The van der Waals surface area contributed by atoms with Crippen molar-refractivity contribution >= 4 is 29.5 Å². The molecule has 3 amide bonds. The number of anilines is 2. The number of aryl methyl sites for hydroxylation is 1. The Morgan fingerprint density at radius 2 is 1.62 bits per heavy atom. The van der Waals surface area contributed by atoms with E-state index in [0.717, 1.165) is 41.8 Å². The molecule has 11 heteroatoms. The summed E-state index contributed by atoms with van der Waals surface area (Å²) in [5.41, 5.74) is 5.08. The number of carbonyl (C=O) groups excluding carboxylic acids is 2. The Balaban J connectivity index is 0.989. The molecule has 250 valence electrons. The molecule has 2 N–H and O–H groups in total. The number of benzene rings is 3. The summed E-state index contributed by atoms with van der Waals surface area (Å²) in [6.45, 7) is 9.55. The number of alkyl halides is 2. The van der Waals surface area contributed by atoms with Crippen molar-refractivity contribution in [2.75, 3.05) is 23.7 Å². The molecule has 3 aromatic carbocycles. The van der Waals surface area contributed by atoms with Crippen molar-refractivity contribution in [3.05, 3.63) is 101 Å². The number of hydrogen-bond acceptors (Lipinski definition) is 5. The number of nitrogens with one attached hydrogen (secondary N) is 2. The zero-order valence-electron chi connectivity index (χ0n) is 27.4. The number of fused-ring (bicyclic) bond motifs is 1. The molecule has 0 bridgehead atoms. The Morgan fingerprint density at radius 1 is 0.938 bits per heavy atom. The predicted octanol–water partition coefficient (Wildman–Crippen LogP) is 7.94. The highest BCUT2D eigenvalue weighted by atomic mass is 19.3. The van der Waals surface area contributed by atoms with E-state index in [1.165, 1.54) is 18.2 Å². The molecule has 3 heterocycles. The van der Waals surface area contributed by atoms with Crippen LogP contribution in [0.1, 0.15) is 56.0 Å². The van der Waals surface area contributed by atoms with E-state index in [0.29, 0.717) is 36.1 Å². The van der Waals surface area contributed by atoms with Crippen molar-refractivity contribution in [3.63, 3.8) is 0 Å². The summed E-state index contributed by atoms with van der Waals surface area (Å²) < 4.78 is 37.2. The number of ether oxygens (including phenoxy) is 2. The van der Waals surface area contributed by atoms with Crippen LogP contribution in [0.4, 0.5) is 25.1 Å². The lowest BCUT2D eigenvalue weighted by Gasteiger charge is -2.31. The molecule has 48 heavy (non-hydrogen) atoms. The molecule has 0 unspecified atom stereocenters. The molecule has 6 rings (SSSR count). The average Bonchev–Trinajstić information content (AvgIpc) is 3.60. The molecule has 0 radical (unpaired) electrons. The molecule has 2 aliphatic rings. The van der Waals surface area contributed by atoms with Gasteiger partial charge in [0, 0.05) is 36.3 Å². The van der Waals surface area contributed by atoms with Gasteiger partial charge in [0.2, 0.25) is 5.91 Å². The Kier molecular flexibility index (Phi) is 8.96. The number of urea groups is 1. The van der Waals surface area contributed by atoms with Gasteiger partial charge < -0.3 is 19.7 Å². The first-order valence-corrected chi connectivity index (χ1v) is 16.0. The first-order chi connectivity index (χ1) is 22.8. The summed E-state index contributed by atoms with van der Waals surface area (Å²) in [6, 6.07) is 21.8. The van der Waals surface area contributed by atoms with E-state index < -0.39 is 6.29 Å². The predicted molar refractivity (Wildman–Crippen MR) is 181 cm³/mol. The molecule has 0 atom stereocenters. The molecule has 0 saturated carbocycles. The first-order valence-electron chi connectivity index (χ1n) is 16.0. The quantitative estimate of drug-likeness (QED) is 0.197. The number of piperidine rings is 1. The highest BCUT2D eigenvalue weighted by molar-refractivity contribution is 5.99. The SMILES string of the molecule is Cc1ccc(-n2nc(C(C)(C)C)cc2NC(=O)Nc2ccc(CC3CCN(C(=O)C=Cc4ccc5c(c4)OC(F)(F)O5)CC3)cc2)cc1. The molecule has 1 aromatic heterocycles. The van der Waals surface area contributed by atoms with Crippen molar-refractivity contribution in [1.82, 2.24) is 14.7 Å². The van der Waals surface area contributed by atoms with Crippen LogP contribution in [-0.4, -0.2) is 46.0 Å². The summed E-state index contributed by atoms with van der Waals surface area (Å²) in [4.78, 5) is 27.6. The van der Waals surface area contributed by atoms with Crippen molar-refractivity contribution < 1.29 is 27.8 Å². The van der Waals surface area contributed by atoms with Gasteiger partial charge in [-0.15, -0.1) is 8.78 Å². The van der Waals surface area contributed by atoms with E-state index in [1.54, 1.807) is 21.7 Å². The molecule has 0 spiro atoms. The molecule has 0 aliphatic carbocycles. The summed E-state index contributed by atoms with van der Waals surface area (Å²) in [5.74, 6) is 0.796. The lowest BCUT2D eigenvalue weighted by molar-refractivity contribution is -0.286. The minimum atomic E-state index is -3.67. The van der Waals surface area contributed by atoms with Crippen LogP contribution in [0.3, 0.4) is 0 Å². The van der Waals surface area contributed by atoms with E-state index in [-0.39, 0.29) is 28.9 Å². The van der Waals surface area contributed by atoms with Crippen molar-refractivity contribution in [3.8, 4) is 17.2 Å². The summed E-state index contributed by atoms with van der Waals surface area (Å²) >= 11 is 0. The second-order valence-corrected chi connectivity index (χ2v) is 13.4. The topological polar surface area (TPSA) is 97.7 Å². The fourth-order valence-electron chi connectivity index (χ4n) is 5.76.